The molecule has 176 valence electrons. The molecule has 0 spiro atoms. The first-order valence-electron chi connectivity index (χ1n) is 11.1. The van der Waals surface area contributed by atoms with Crippen LogP contribution in [0.5, 0.6) is 0 Å². The fourth-order valence-corrected chi connectivity index (χ4v) is 4.84. The number of carbonyl (C=O) groups excluding carboxylic acids is 3. The molecule has 1 aliphatic heterocycles. The van der Waals surface area contributed by atoms with E-state index in [0.29, 0.717) is 41.6 Å². The van der Waals surface area contributed by atoms with Gasteiger partial charge < -0.3 is 20.0 Å². The topological polar surface area (TPSA) is 91.7 Å². The normalized spacial score (nSPS) is 15.6. The number of hydrogen-bond donors (Lipinski definition) is 2. The molecule has 2 N–H and O–H groups in total. The monoisotopic (exact) mass is 477 g/mol. The van der Waals surface area contributed by atoms with Crippen molar-refractivity contribution in [2.45, 2.75) is 25.8 Å². The van der Waals surface area contributed by atoms with Crippen LogP contribution >= 0.6 is 11.8 Å². The van der Waals surface area contributed by atoms with Crippen LogP contribution < -0.4 is 10.6 Å². The highest BCUT2D eigenvalue weighted by atomic mass is 32.2. The summed E-state index contributed by atoms with van der Waals surface area (Å²) in [6.45, 7) is 5.00. The van der Waals surface area contributed by atoms with E-state index in [0.717, 1.165) is 11.3 Å². The first kappa shape index (κ1) is 23.6. The molecular formula is C26H27N3O4S. The molecular weight excluding hydrogens is 450 g/mol. The van der Waals surface area contributed by atoms with Crippen LogP contribution in [0.25, 0.3) is 0 Å². The number of para-hydroxylation sites is 1. The summed E-state index contributed by atoms with van der Waals surface area (Å²) in [5.41, 5.74) is 2.28. The smallest absolute Gasteiger partial charge is 0.255 e. The van der Waals surface area contributed by atoms with E-state index in [1.165, 1.54) is 0 Å². The van der Waals surface area contributed by atoms with Gasteiger partial charge in [0.2, 0.25) is 5.91 Å². The van der Waals surface area contributed by atoms with Crippen molar-refractivity contribution >= 4 is 35.2 Å². The minimum absolute atomic E-state index is 0.0561. The number of anilines is 1. The van der Waals surface area contributed by atoms with E-state index >= 15 is 0 Å². The molecule has 1 atom stereocenters. The van der Waals surface area contributed by atoms with Gasteiger partial charge in [0.1, 0.15) is 11.1 Å². The van der Waals surface area contributed by atoms with E-state index in [1.54, 1.807) is 65.4 Å². The van der Waals surface area contributed by atoms with Crippen molar-refractivity contribution in [2.24, 2.45) is 5.92 Å². The molecule has 0 aliphatic carbocycles. The zero-order chi connectivity index (χ0) is 24.1. The molecule has 3 amide bonds. The lowest BCUT2D eigenvalue weighted by Crippen LogP contribution is -2.28. The molecule has 1 fully saturated rings. The third kappa shape index (κ3) is 5.51. The van der Waals surface area contributed by atoms with Gasteiger partial charge in [-0.1, -0.05) is 38.1 Å². The number of furan rings is 1. The van der Waals surface area contributed by atoms with E-state index in [1.807, 2.05) is 32.0 Å². The summed E-state index contributed by atoms with van der Waals surface area (Å²) in [6, 6.07) is 17.8. The Bertz CT molecular complexity index is 1160. The van der Waals surface area contributed by atoms with Crippen LogP contribution in [0.2, 0.25) is 0 Å². The average molecular weight is 478 g/mol. The van der Waals surface area contributed by atoms with Gasteiger partial charge >= 0.3 is 0 Å². The number of rotatable bonds is 8. The second-order valence-corrected chi connectivity index (χ2v) is 9.56. The molecule has 1 aliphatic rings. The van der Waals surface area contributed by atoms with Crippen molar-refractivity contribution < 1.29 is 18.8 Å². The van der Waals surface area contributed by atoms with Crippen molar-refractivity contribution in [1.29, 1.82) is 0 Å². The highest BCUT2D eigenvalue weighted by Crippen LogP contribution is 2.39. The Balaban J connectivity index is 1.45. The zero-order valence-electron chi connectivity index (χ0n) is 19.1. The highest BCUT2D eigenvalue weighted by molar-refractivity contribution is 8.00. The van der Waals surface area contributed by atoms with Gasteiger partial charge in [0, 0.05) is 12.1 Å². The largest absolute Gasteiger partial charge is 0.467 e. The van der Waals surface area contributed by atoms with E-state index in [2.05, 4.69) is 10.6 Å². The zero-order valence-corrected chi connectivity index (χ0v) is 19.9. The minimum atomic E-state index is -0.307. The predicted molar refractivity (Wildman–Crippen MR) is 132 cm³/mol. The molecule has 4 rings (SSSR count). The van der Waals surface area contributed by atoms with Crippen LogP contribution in [0.1, 0.15) is 51.3 Å². The summed E-state index contributed by atoms with van der Waals surface area (Å²) in [6.07, 6.45) is 1.59. The average Bonchev–Trinajstić information content (AvgIpc) is 3.48. The Morgan fingerprint density at radius 2 is 1.82 bits per heavy atom. The first-order valence-corrected chi connectivity index (χ1v) is 12.2. The van der Waals surface area contributed by atoms with Gasteiger partial charge in [0.25, 0.3) is 11.8 Å². The summed E-state index contributed by atoms with van der Waals surface area (Å²) in [5, 5.41) is 5.59. The van der Waals surface area contributed by atoms with E-state index in [4.69, 9.17) is 4.42 Å². The van der Waals surface area contributed by atoms with Crippen LogP contribution in [0, 0.1) is 5.92 Å². The first-order chi connectivity index (χ1) is 16.4. The molecule has 2 heterocycles. The van der Waals surface area contributed by atoms with Gasteiger partial charge in [0.15, 0.2) is 0 Å². The predicted octanol–water partition coefficient (Wildman–Crippen LogP) is 4.69. The lowest BCUT2D eigenvalue weighted by atomic mass is 10.1. The highest BCUT2D eigenvalue weighted by Gasteiger charge is 2.33. The third-order valence-corrected chi connectivity index (χ3v) is 6.68. The van der Waals surface area contributed by atoms with Gasteiger partial charge in [-0.2, -0.15) is 0 Å². The van der Waals surface area contributed by atoms with Gasteiger partial charge in [0.05, 0.1) is 29.8 Å². The quantitative estimate of drug-likeness (QED) is 0.491. The van der Waals surface area contributed by atoms with Gasteiger partial charge in [-0.25, -0.2) is 0 Å². The second kappa shape index (κ2) is 10.6. The van der Waals surface area contributed by atoms with Crippen molar-refractivity contribution in [3.8, 4) is 0 Å². The summed E-state index contributed by atoms with van der Waals surface area (Å²) < 4.78 is 5.40. The molecule has 0 unspecified atom stereocenters. The summed E-state index contributed by atoms with van der Waals surface area (Å²) >= 11 is 1.55. The maximum atomic E-state index is 12.9. The SMILES string of the molecule is CC(C)CNC(=O)c1ccccc1NC(=O)c1ccc([C@H]2SCC(=O)N2Cc2ccco2)cc1. The second-order valence-electron chi connectivity index (χ2n) is 8.49. The number of hydrogen-bond acceptors (Lipinski definition) is 5. The van der Waals surface area contributed by atoms with Crippen molar-refractivity contribution in [2.75, 3.05) is 17.6 Å². The third-order valence-electron chi connectivity index (χ3n) is 5.42. The number of nitrogens with zero attached hydrogens (tertiary/aromatic N) is 1. The minimum Gasteiger partial charge on any atom is -0.467 e. The standard InChI is InChI=1S/C26H27N3O4S/c1-17(2)14-27-25(32)21-7-3-4-8-22(21)28-24(31)18-9-11-19(12-10-18)26-29(23(30)16-34-26)15-20-6-5-13-33-20/h3-13,17,26H,14-16H2,1-2H3,(H,27,32)(H,28,31)/t26-/m1/s1. The Hall–Kier alpha value is -3.52. The van der Waals surface area contributed by atoms with Gasteiger partial charge in [-0.15, -0.1) is 11.8 Å². The van der Waals surface area contributed by atoms with Crippen LogP contribution in [-0.2, 0) is 11.3 Å². The van der Waals surface area contributed by atoms with Gasteiger partial charge in [-0.05, 0) is 47.9 Å². The number of amides is 3. The lowest BCUT2D eigenvalue weighted by Gasteiger charge is -2.23. The lowest BCUT2D eigenvalue weighted by molar-refractivity contribution is -0.128. The molecule has 0 bridgehead atoms. The van der Waals surface area contributed by atoms with Crippen LogP contribution in [-0.4, -0.2) is 34.9 Å². The molecule has 7 nitrogen and oxygen atoms in total. The molecule has 2 aromatic carbocycles. The van der Waals surface area contributed by atoms with Crippen LogP contribution in [0.15, 0.2) is 71.3 Å². The van der Waals surface area contributed by atoms with E-state index in [-0.39, 0.29) is 23.1 Å². The molecule has 34 heavy (non-hydrogen) atoms. The van der Waals surface area contributed by atoms with Crippen molar-refractivity contribution in [1.82, 2.24) is 10.2 Å². The Morgan fingerprint density at radius 1 is 1.06 bits per heavy atom. The van der Waals surface area contributed by atoms with Crippen molar-refractivity contribution in [3.63, 3.8) is 0 Å². The summed E-state index contributed by atoms with van der Waals surface area (Å²) in [5.74, 6) is 0.988. The molecule has 0 radical (unpaired) electrons. The van der Waals surface area contributed by atoms with Gasteiger partial charge in [-0.3, -0.25) is 14.4 Å². The van der Waals surface area contributed by atoms with Crippen LogP contribution in [0.4, 0.5) is 5.69 Å². The maximum absolute atomic E-state index is 12.9. The molecule has 1 saturated heterocycles. The van der Waals surface area contributed by atoms with E-state index < -0.39 is 0 Å². The number of nitrogens with one attached hydrogen (secondary N) is 2. The van der Waals surface area contributed by atoms with E-state index in [9.17, 15) is 14.4 Å². The molecule has 1 aromatic heterocycles. The molecule has 0 saturated carbocycles. The summed E-state index contributed by atoms with van der Waals surface area (Å²) in [4.78, 5) is 39.6. The fraction of sp³-hybridized carbons (Fsp3) is 0.269. The molecule has 8 heteroatoms. The van der Waals surface area contributed by atoms with Crippen LogP contribution in [0.3, 0.4) is 0 Å². The summed E-state index contributed by atoms with van der Waals surface area (Å²) in [7, 11) is 0. The maximum Gasteiger partial charge on any atom is 0.255 e. The fourth-order valence-electron chi connectivity index (χ4n) is 3.65. The number of carbonyl (C=O) groups is 3. The molecule has 3 aromatic rings. The number of thioether (sulfide) groups is 1. The number of benzene rings is 2. The Morgan fingerprint density at radius 3 is 2.53 bits per heavy atom. The Kier molecular flexibility index (Phi) is 7.37. The van der Waals surface area contributed by atoms with Crippen molar-refractivity contribution in [3.05, 3.63) is 89.4 Å². The Labute approximate surface area is 202 Å².